The summed E-state index contributed by atoms with van der Waals surface area (Å²) in [5, 5.41) is -0.0517. The van der Waals surface area contributed by atoms with Crippen LogP contribution in [0.1, 0.15) is 0 Å². The van der Waals surface area contributed by atoms with Gasteiger partial charge in [-0.3, -0.25) is 0 Å². The van der Waals surface area contributed by atoms with Crippen molar-refractivity contribution in [2.45, 2.75) is 0 Å². The van der Waals surface area contributed by atoms with Gasteiger partial charge in [0.25, 0.3) is 0 Å². The Morgan fingerprint density at radius 2 is 1.61 bits per heavy atom. The zero-order chi connectivity index (χ0) is 16.8. The highest BCUT2D eigenvalue weighted by Gasteiger charge is 2.11. The van der Waals surface area contributed by atoms with Crippen molar-refractivity contribution in [2.75, 3.05) is 0 Å². The van der Waals surface area contributed by atoms with Gasteiger partial charge in [0.2, 0.25) is 0 Å². The van der Waals surface area contributed by atoms with Crippen LogP contribution in [0.2, 0.25) is 5.02 Å². The first-order chi connectivity index (χ1) is 11.0. The zero-order valence-electron chi connectivity index (χ0n) is 11.5. The predicted molar refractivity (Wildman–Crippen MR) is 86.0 cm³/mol. The molecule has 0 aliphatic carbocycles. The number of para-hydroxylation sites is 1. The third kappa shape index (κ3) is 5.19. The Morgan fingerprint density at radius 3 is 2.22 bits per heavy atom. The van der Waals surface area contributed by atoms with Crippen molar-refractivity contribution in [1.82, 2.24) is 0 Å². The first-order valence-corrected chi connectivity index (χ1v) is 7.44. The zero-order valence-corrected chi connectivity index (χ0v) is 13.8. The maximum Gasteiger partial charge on any atom is 0.336 e. The van der Waals surface area contributed by atoms with E-state index in [1.54, 1.807) is 24.3 Å². The normalized spacial score (nSPS) is 10.6. The monoisotopic (exact) mass is 398 g/mol. The molecule has 2 rings (SSSR count). The van der Waals surface area contributed by atoms with Gasteiger partial charge in [-0.25, -0.2) is 14.0 Å². The minimum Gasteiger partial charge on any atom is -0.423 e. The molecule has 118 valence electrons. The average molecular weight is 400 g/mol. The molecule has 0 amide bonds. The standard InChI is InChI=1S/C16H9BrClFO4/c17-10-4-6-11(7-5-10)22-14(20)8-9-15(21)23-16-12(18)2-1-3-13(16)19/h1-9H/b9-8+. The number of carbonyl (C=O) groups is 2. The summed E-state index contributed by atoms with van der Waals surface area (Å²) >= 11 is 8.97. The van der Waals surface area contributed by atoms with Gasteiger partial charge in [0, 0.05) is 16.6 Å². The summed E-state index contributed by atoms with van der Waals surface area (Å²) in [7, 11) is 0. The molecule has 0 saturated heterocycles. The summed E-state index contributed by atoms with van der Waals surface area (Å²) in [6.07, 6.45) is 1.70. The second kappa shape index (κ2) is 7.89. The molecular formula is C16H9BrClFO4. The van der Waals surface area contributed by atoms with E-state index in [-0.39, 0.29) is 5.02 Å². The molecule has 0 fully saturated rings. The molecule has 0 aliphatic rings. The highest BCUT2D eigenvalue weighted by Crippen LogP contribution is 2.27. The average Bonchev–Trinajstić information content (AvgIpc) is 2.51. The summed E-state index contributed by atoms with van der Waals surface area (Å²) in [6.45, 7) is 0. The van der Waals surface area contributed by atoms with Crippen molar-refractivity contribution in [1.29, 1.82) is 0 Å². The molecule has 0 N–H and O–H groups in total. The van der Waals surface area contributed by atoms with Crippen molar-refractivity contribution in [3.05, 3.63) is 69.9 Å². The largest absolute Gasteiger partial charge is 0.423 e. The SMILES string of the molecule is O=C(/C=C/C(=O)Oc1c(F)cccc1Cl)Oc1ccc(Br)cc1. The molecule has 0 aromatic heterocycles. The summed E-state index contributed by atoms with van der Waals surface area (Å²) in [6, 6.07) is 10.4. The molecule has 0 spiro atoms. The van der Waals surface area contributed by atoms with Crippen molar-refractivity contribution in [2.24, 2.45) is 0 Å². The molecule has 0 bridgehead atoms. The highest BCUT2D eigenvalue weighted by molar-refractivity contribution is 9.10. The van der Waals surface area contributed by atoms with Gasteiger partial charge in [-0.1, -0.05) is 33.6 Å². The summed E-state index contributed by atoms with van der Waals surface area (Å²) in [4.78, 5) is 23.1. The van der Waals surface area contributed by atoms with Crippen LogP contribution in [-0.4, -0.2) is 11.9 Å². The van der Waals surface area contributed by atoms with E-state index in [0.29, 0.717) is 5.75 Å². The Hall–Kier alpha value is -2.18. The third-order valence-electron chi connectivity index (χ3n) is 2.51. The van der Waals surface area contributed by atoms with E-state index in [9.17, 15) is 14.0 Å². The van der Waals surface area contributed by atoms with Gasteiger partial charge in [0.05, 0.1) is 5.02 Å². The van der Waals surface area contributed by atoms with Crippen LogP contribution in [0.5, 0.6) is 11.5 Å². The molecular weight excluding hydrogens is 391 g/mol. The van der Waals surface area contributed by atoms with Crippen LogP contribution in [-0.2, 0) is 9.59 Å². The Labute approximate surface area is 144 Å². The highest BCUT2D eigenvalue weighted by atomic mass is 79.9. The topological polar surface area (TPSA) is 52.6 Å². The number of hydrogen-bond donors (Lipinski definition) is 0. The summed E-state index contributed by atoms with van der Waals surface area (Å²) < 4.78 is 24.0. The predicted octanol–water partition coefficient (Wildman–Crippen LogP) is 4.31. The minimum atomic E-state index is -0.954. The Balaban J connectivity index is 1.95. The Morgan fingerprint density at radius 1 is 1.00 bits per heavy atom. The van der Waals surface area contributed by atoms with Crippen LogP contribution < -0.4 is 9.47 Å². The van der Waals surface area contributed by atoms with E-state index >= 15 is 0 Å². The maximum absolute atomic E-state index is 13.4. The van der Waals surface area contributed by atoms with Gasteiger partial charge in [-0.15, -0.1) is 0 Å². The van der Waals surface area contributed by atoms with E-state index < -0.39 is 23.5 Å². The van der Waals surface area contributed by atoms with Crippen molar-refractivity contribution < 1.29 is 23.5 Å². The fourth-order valence-corrected chi connectivity index (χ4v) is 1.97. The Kier molecular flexibility index (Phi) is 5.90. The van der Waals surface area contributed by atoms with E-state index in [1.807, 2.05) is 0 Å². The number of ether oxygens (including phenoxy) is 2. The van der Waals surface area contributed by atoms with Gasteiger partial charge in [-0.2, -0.15) is 0 Å². The fraction of sp³-hybridized carbons (Fsp3) is 0. The molecule has 0 atom stereocenters. The maximum atomic E-state index is 13.4. The third-order valence-corrected chi connectivity index (χ3v) is 3.34. The van der Waals surface area contributed by atoms with E-state index in [2.05, 4.69) is 15.9 Å². The van der Waals surface area contributed by atoms with Crippen LogP contribution in [0.3, 0.4) is 0 Å². The van der Waals surface area contributed by atoms with Crippen LogP contribution >= 0.6 is 27.5 Å². The molecule has 2 aromatic rings. The summed E-state index contributed by atoms with van der Waals surface area (Å²) in [5.41, 5.74) is 0. The molecule has 0 heterocycles. The van der Waals surface area contributed by atoms with Gasteiger partial charge < -0.3 is 9.47 Å². The number of benzene rings is 2. The molecule has 0 unspecified atom stereocenters. The molecule has 0 saturated carbocycles. The molecule has 2 aromatic carbocycles. The fourth-order valence-electron chi connectivity index (χ4n) is 1.50. The van der Waals surface area contributed by atoms with E-state index in [0.717, 1.165) is 22.7 Å². The van der Waals surface area contributed by atoms with Gasteiger partial charge >= 0.3 is 11.9 Å². The lowest BCUT2D eigenvalue weighted by atomic mass is 10.3. The number of rotatable bonds is 4. The van der Waals surface area contributed by atoms with Crippen molar-refractivity contribution in [3.8, 4) is 11.5 Å². The first-order valence-electron chi connectivity index (χ1n) is 6.27. The second-order valence-corrected chi connectivity index (χ2v) is 5.50. The number of halogens is 3. The van der Waals surface area contributed by atoms with Crippen LogP contribution in [0.4, 0.5) is 4.39 Å². The van der Waals surface area contributed by atoms with Crippen LogP contribution in [0, 0.1) is 5.82 Å². The van der Waals surface area contributed by atoms with Gasteiger partial charge in [0.1, 0.15) is 5.75 Å². The molecule has 0 aliphatic heterocycles. The van der Waals surface area contributed by atoms with Crippen molar-refractivity contribution in [3.63, 3.8) is 0 Å². The lowest BCUT2D eigenvalue weighted by molar-refractivity contribution is -0.131. The summed E-state index contributed by atoms with van der Waals surface area (Å²) in [5.74, 6) is -2.59. The molecule has 0 radical (unpaired) electrons. The smallest absolute Gasteiger partial charge is 0.336 e. The van der Waals surface area contributed by atoms with E-state index in [4.69, 9.17) is 21.1 Å². The van der Waals surface area contributed by atoms with Crippen LogP contribution in [0.25, 0.3) is 0 Å². The quantitative estimate of drug-likeness (QED) is 0.437. The molecule has 4 nitrogen and oxygen atoms in total. The lowest BCUT2D eigenvalue weighted by Crippen LogP contribution is -2.09. The first kappa shape index (κ1) is 17.2. The lowest BCUT2D eigenvalue weighted by Gasteiger charge is -2.04. The minimum absolute atomic E-state index is 0.0517. The van der Waals surface area contributed by atoms with Gasteiger partial charge in [0.15, 0.2) is 11.6 Å². The van der Waals surface area contributed by atoms with E-state index in [1.165, 1.54) is 12.1 Å². The molecule has 23 heavy (non-hydrogen) atoms. The number of hydrogen-bond acceptors (Lipinski definition) is 4. The Bertz CT molecular complexity index is 739. The number of carbonyl (C=O) groups excluding carboxylic acids is 2. The van der Waals surface area contributed by atoms with Crippen molar-refractivity contribution >= 4 is 39.5 Å². The molecule has 7 heteroatoms. The second-order valence-electron chi connectivity index (χ2n) is 4.18. The van der Waals surface area contributed by atoms with Gasteiger partial charge in [-0.05, 0) is 36.4 Å². The van der Waals surface area contributed by atoms with Crippen LogP contribution in [0.15, 0.2) is 59.1 Å². The number of esters is 2.